The number of likely N-dealkylation sites (tertiary alicyclic amines) is 1. The molecule has 122 valence electrons. The summed E-state index contributed by atoms with van der Waals surface area (Å²) < 4.78 is 54.4. The number of piperidine rings is 1. The molecule has 2 rings (SSSR count). The third-order valence-corrected chi connectivity index (χ3v) is 3.29. The SMILES string of the molecule is O=C(CCC(F)(F)F)N1CCC(Oc2ncc(F)cn2)CC1. The van der Waals surface area contributed by atoms with Crippen molar-refractivity contribution in [2.24, 2.45) is 0 Å². The fourth-order valence-corrected chi connectivity index (χ4v) is 2.14. The number of ether oxygens (including phenoxy) is 1. The molecule has 1 fully saturated rings. The fourth-order valence-electron chi connectivity index (χ4n) is 2.14. The van der Waals surface area contributed by atoms with Gasteiger partial charge >= 0.3 is 12.2 Å². The first kappa shape index (κ1) is 16.4. The van der Waals surface area contributed by atoms with Gasteiger partial charge in [-0.1, -0.05) is 0 Å². The second-order valence-corrected chi connectivity index (χ2v) is 5.00. The first-order valence-corrected chi connectivity index (χ1v) is 6.82. The summed E-state index contributed by atoms with van der Waals surface area (Å²) in [5.41, 5.74) is 0. The second-order valence-electron chi connectivity index (χ2n) is 5.00. The highest BCUT2D eigenvalue weighted by molar-refractivity contribution is 5.76. The van der Waals surface area contributed by atoms with E-state index in [0.717, 1.165) is 12.4 Å². The van der Waals surface area contributed by atoms with Gasteiger partial charge in [0.15, 0.2) is 5.82 Å². The van der Waals surface area contributed by atoms with E-state index in [4.69, 9.17) is 4.74 Å². The molecule has 9 heteroatoms. The quantitative estimate of drug-likeness (QED) is 0.799. The van der Waals surface area contributed by atoms with Crippen LogP contribution >= 0.6 is 0 Å². The largest absolute Gasteiger partial charge is 0.460 e. The van der Waals surface area contributed by atoms with E-state index < -0.39 is 30.7 Å². The molecule has 1 amide bonds. The van der Waals surface area contributed by atoms with E-state index in [0.29, 0.717) is 25.9 Å². The number of hydrogen-bond donors (Lipinski definition) is 0. The van der Waals surface area contributed by atoms with Gasteiger partial charge in [-0.25, -0.2) is 14.4 Å². The van der Waals surface area contributed by atoms with Crippen LogP contribution in [0.2, 0.25) is 0 Å². The number of alkyl halides is 3. The molecule has 0 saturated carbocycles. The molecule has 1 saturated heterocycles. The average molecular weight is 321 g/mol. The minimum absolute atomic E-state index is 0.0447. The summed E-state index contributed by atoms with van der Waals surface area (Å²) in [4.78, 5) is 20.4. The standard InChI is InChI=1S/C13H15F4N3O2/c14-9-7-18-12(19-8-9)22-10-2-5-20(6-3-10)11(21)1-4-13(15,16)17/h7-8,10H,1-6H2. The van der Waals surface area contributed by atoms with Gasteiger partial charge < -0.3 is 9.64 Å². The molecule has 0 aliphatic carbocycles. The molecular weight excluding hydrogens is 306 g/mol. The molecule has 5 nitrogen and oxygen atoms in total. The summed E-state index contributed by atoms with van der Waals surface area (Å²) in [6.45, 7) is 0.644. The molecule has 0 aromatic carbocycles. The van der Waals surface area contributed by atoms with Crippen molar-refractivity contribution in [1.82, 2.24) is 14.9 Å². The third kappa shape index (κ3) is 5.12. The zero-order chi connectivity index (χ0) is 16.2. The van der Waals surface area contributed by atoms with Crippen LogP contribution in [0.15, 0.2) is 12.4 Å². The van der Waals surface area contributed by atoms with E-state index in [1.165, 1.54) is 4.90 Å². The topological polar surface area (TPSA) is 55.3 Å². The Hall–Kier alpha value is -1.93. The van der Waals surface area contributed by atoms with Crippen LogP contribution < -0.4 is 4.74 Å². The number of halogens is 4. The molecule has 0 atom stereocenters. The summed E-state index contributed by atoms with van der Waals surface area (Å²) in [5.74, 6) is -1.08. The Balaban J connectivity index is 1.75. The van der Waals surface area contributed by atoms with Gasteiger partial charge in [0.2, 0.25) is 5.91 Å². The molecule has 1 aromatic rings. The number of hydrogen-bond acceptors (Lipinski definition) is 4. The van der Waals surface area contributed by atoms with Crippen LogP contribution in [-0.2, 0) is 4.79 Å². The Morgan fingerprint density at radius 2 is 1.86 bits per heavy atom. The van der Waals surface area contributed by atoms with E-state index in [-0.39, 0.29) is 12.1 Å². The Kier molecular flexibility index (Phi) is 5.15. The van der Waals surface area contributed by atoms with E-state index in [2.05, 4.69) is 9.97 Å². The van der Waals surface area contributed by atoms with Crippen LogP contribution in [0.1, 0.15) is 25.7 Å². The molecule has 22 heavy (non-hydrogen) atoms. The number of rotatable bonds is 4. The van der Waals surface area contributed by atoms with E-state index in [1.54, 1.807) is 0 Å². The molecule has 0 unspecified atom stereocenters. The van der Waals surface area contributed by atoms with Gasteiger partial charge in [0, 0.05) is 32.4 Å². The zero-order valence-corrected chi connectivity index (χ0v) is 11.6. The van der Waals surface area contributed by atoms with Crippen LogP contribution in [-0.4, -0.2) is 46.1 Å². The summed E-state index contributed by atoms with van der Waals surface area (Å²) in [6, 6.07) is 0.0447. The maximum Gasteiger partial charge on any atom is 0.389 e. The van der Waals surface area contributed by atoms with Crippen LogP contribution in [0.5, 0.6) is 6.01 Å². The van der Waals surface area contributed by atoms with E-state index >= 15 is 0 Å². The van der Waals surface area contributed by atoms with Crippen LogP contribution in [0, 0.1) is 5.82 Å². The highest BCUT2D eigenvalue weighted by Gasteiger charge is 2.30. The van der Waals surface area contributed by atoms with Gasteiger partial charge in [0.05, 0.1) is 18.8 Å². The Morgan fingerprint density at radius 1 is 1.27 bits per heavy atom. The zero-order valence-electron chi connectivity index (χ0n) is 11.6. The van der Waals surface area contributed by atoms with Crippen molar-refractivity contribution in [3.8, 4) is 6.01 Å². The van der Waals surface area contributed by atoms with E-state index in [9.17, 15) is 22.4 Å². The monoisotopic (exact) mass is 321 g/mol. The molecule has 1 aliphatic heterocycles. The minimum Gasteiger partial charge on any atom is -0.460 e. The summed E-state index contributed by atoms with van der Waals surface area (Å²) >= 11 is 0. The van der Waals surface area contributed by atoms with Crippen molar-refractivity contribution in [2.75, 3.05) is 13.1 Å². The lowest BCUT2D eigenvalue weighted by Gasteiger charge is -2.31. The molecule has 0 spiro atoms. The van der Waals surface area contributed by atoms with Gasteiger partial charge in [-0.05, 0) is 0 Å². The predicted octanol–water partition coefficient (Wildman–Crippen LogP) is 2.33. The molecule has 1 aliphatic rings. The van der Waals surface area contributed by atoms with Crippen LogP contribution in [0.4, 0.5) is 17.6 Å². The predicted molar refractivity (Wildman–Crippen MR) is 67.5 cm³/mol. The molecule has 0 radical (unpaired) electrons. The lowest BCUT2D eigenvalue weighted by molar-refractivity contribution is -0.150. The van der Waals surface area contributed by atoms with Gasteiger partial charge in [0.25, 0.3) is 0 Å². The fraction of sp³-hybridized carbons (Fsp3) is 0.615. The molecule has 1 aromatic heterocycles. The summed E-state index contributed by atoms with van der Waals surface area (Å²) in [7, 11) is 0. The van der Waals surface area contributed by atoms with Crippen molar-refractivity contribution in [2.45, 2.75) is 38.0 Å². The molecule has 0 N–H and O–H groups in total. The van der Waals surface area contributed by atoms with Crippen molar-refractivity contribution in [3.05, 3.63) is 18.2 Å². The van der Waals surface area contributed by atoms with Gasteiger partial charge in [-0.2, -0.15) is 13.2 Å². The number of carbonyl (C=O) groups excluding carboxylic acids is 1. The molecule has 0 bridgehead atoms. The minimum atomic E-state index is -4.32. The normalized spacial score (nSPS) is 16.6. The van der Waals surface area contributed by atoms with Crippen LogP contribution in [0.25, 0.3) is 0 Å². The second kappa shape index (κ2) is 6.89. The summed E-state index contributed by atoms with van der Waals surface area (Å²) in [5, 5.41) is 0. The lowest BCUT2D eigenvalue weighted by Crippen LogP contribution is -2.42. The molecular formula is C13H15F4N3O2. The Labute approximate surface area is 124 Å². The average Bonchev–Trinajstić information content (AvgIpc) is 2.47. The first-order valence-electron chi connectivity index (χ1n) is 6.82. The van der Waals surface area contributed by atoms with Gasteiger partial charge in [-0.15, -0.1) is 0 Å². The Bertz CT molecular complexity index is 499. The van der Waals surface area contributed by atoms with Crippen molar-refractivity contribution < 1.29 is 27.1 Å². The maximum absolute atomic E-state index is 12.7. The van der Waals surface area contributed by atoms with E-state index in [1.807, 2.05) is 0 Å². The molecule has 2 heterocycles. The van der Waals surface area contributed by atoms with Crippen LogP contribution in [0.3, 0.4) is 0 Å². The van der Waals surface area contributed by atoms with Crippen molar-refractivity contribution in [3.63, 3.8) is 0 Å². The number of nitrogens with zero attached hydrogens (tertiary/aromatic N) is 3. The number of carbonyl (C=O) groups is 1. The first-order chi connectivity index (χ1) is 10.3. The highest BCUT2D eigenvalue weighted by atomic mass is 19.4. The third-order valence-electron chi connectivity index (χ3n) is 3.29. The summed E-state index contributed by atoms with van der Waals surface area (Å²) in [6.07, 6.45) is -3.29. The van der Waals surface area contributed by atoms with Crippen molar-refractivity contribution >= 4 is 5.91 Å². The highest BCUT2D eigenvalue weighted by Crippen LogP contribution is 2.23. The maximum atomic E-state index is 12.7. The number of aromatic nitrogens is 2. The van der Waals surface area contributed by atoms with Crippen molar-refractivity contribution in [1.29, 1.82) is 0 Å². The smallest absolute Gasteiger partial charge is 0.389 e. The van der Waals surface area contributed by atoms with Gasteiger partial charge in [-0.3, -0.25) is 4.79 Å². The lowest BCUT2D eigenvalue weighted by atomic mass is 10.1. The number of amides is 1. The van der Waals surface area contributed by atoms with Gasteiger partial charge in [0.1, 0.15) is 6.10 Å². The Morgan fingerprint density at radius 3 is 2.41 bits per heavy atom.